The molecule has 4 nitrogen and oxygen atoms in total. The molecular weight excluding hydrogens is 244 g/mol. The van der Waals surface area contributed by atoms with E-state index in [0.717, 1.165) is 19.4 Å². The second-order valence-electron chi connectivity index (χ2n) is 4.44. The highest BCUT2D eigenvalue weighted by molar-refractivity contribution is 5.87. The molecule has 1 N–H and O–H groups in total. The highest BCUT2D eigenvalue weighted by atomic mass is 16.5. The maximum atomic E-state index is 10.8. The first-order valence-electron chi connectivity index (χ1n) is 6.71. The molecule has 0 unspecified atom stereocenters. The van der Waals surface area contributed by atoms with Crippen LogP contribution in [0.3, 0.4) is 0 Å². The molecule has 1 rings (SSSR count). The van der Waals surface area contributed by atoms with Gasteiger partial charge in [0, 0.05) is 6.61 Å². The van der Waals surface area contributed by atoms with Crippen LogP contribution >= 0.6 is 0 Å². The fraction of sp³-hybridized carbons (Fsp3) is 0.533. The van der Waals surface area contributed by atoms with Crippen molar-refractivity contribution in [3.05, 3.63) is 29.8 Å². The first-order chi connectivity index (χ1) is 9.17. The smallest absolute Gasteiger partial charge is 0.335 e. The molecule has 0 heterocycles. The van der Waals surface area contributed by atoms with Crippen molar-refractivity contribution in [1.29, 1.82) is 0 Å². The fourth-order valence-corrected chi connectivity index (χ4v) is 1.71. The van der Waals surface area contributed by atoms with Crippen molar-refractivity contribution in [1.82, 2.24) is 0 Å². The molecule has 0 amide bonds. The van der Waals surface area contributed by atoms with E-state index in [1.165, 1.54) is 6.07 Å². The largest absolute Gasteiger partial charge is 0.491 e. The number of benzene rings is 1. The second kappa shape index (κ2) is 8.53. The van der Waals surface area contributed by atoms with Crippen molar-refractivity contribution in [3.63, 3.8) is 0 Å². The number of carboxylic acids is 1. The number of carbonyl (C=O) groups is 1. The van der Waals surface area contributed by atoms with Crippen LogP contribution in [0.5, 0.6) is 5.75 Å². The first-order valence-corrected chi connectivity index (χ1v) is 6.71. The molecule has 0 bridgehead atoms. The molecule has 4 heteroatoms. The van der Waals surface area contributed by atoms with E-state index in [1.54, 1.807) is 18.2 Å². The fourth-order valence-electron chi connectivity index (χ4n) is 1.71. The summed E-state index contributed by atoms with van der Waals surface area (Å²) in [5, 5.41) is 8.85. The van der Waals surface area contributed by atoms with Crippen molar-refractivity contribution >= 4 is 5.97 Å². The SMILES string of the molecule is CCC(CC)COCCOc1cccc(C(=O)O)c1. The summed E-state index contributed by atoms with van der Waals surface area (Å²) in [5.74, 6) is 0.219. The molecule has 0 fully saturated rings. The molecule has 1 aromatic carbocycles. The lowest BCUT2D eigenvalue weighted by atomic mass is 10.1. The Bertz CT molecular complexity index is 385. The van der Waals surface area contributed by atoms with E-state index in [0.29, 0.717) is 24.9 Å². The summed E-state index contributed by atoms with van der Waals surface area (Å²) in [6.07, 6.45) is 2.25. The molecule has 0 aliphatic carbocycles. The van der Waals surface area contributed by atoms with Crippen molar-refractivity contribution in [2.75, 3.05) is 19.8 Å². The number of aromatic carboxylic acids is 1. The molecule has 0 saturated heterocycles. The zero-order valence-electron chi connectivity index (χ0n) is 11.6. The Morgan fingerprint density at radius 1 is 1.26 bits per heavy atom. The van der Waals surface area contributed by atoms with E-state index >= 15 is 0 Å². The van der Waals surface area contributed by atoms with E-state index in [1.807, 2.05) is 0 Å². The Hall–Kier alpha value is -1.55. The van der Waals surface area contributed by atoms with Gasteiger partial charge < -0.3 is 14.6 Å². The minimum atomic E-state index is -0.949. The number of rotatable bonds is 9. The lowest BCUT2D eigenvalue weighted by Gasteiger charge is -2.13. The molecule has 0 radical (unpaired) electrons. The minimum absolute atomic E-state index is 0.232. The quantitative estimate of drug-likeness (QED) is 0.697. The second-order valence-corrected chi connectivity index (χ2v) is 4.44. The normalized spacial score (nSPS) is 10.7. The topological polar surface area (TPSA) is 55.8 Å². The summed E-state index contributed by atoms with van der Waals surface area (Å²) in [7, 11) is 0. The van der Waals surface area contributed by atoms with Crippen molar-refractivity contribution < 1.29 is 19.4 Å². The molecule has 0 atom stereocenters. The molecule has 0 spiro atoms. The maximum absolute atomic E-state index is 10.8. The van der Waals surface area contributed by atoms with Crippen LogP contribution in [0.4, 0.5) is 0 Å². The Morgan fingerprint density at radius 3 is 2.63 bits per heavy atom. The first kappa shape index (κ1) is 15.5. The lowest BCUT2D eigenvalue weighted by molar-refractivity contribution is 0.0691. The van der Waals surface area contributed by atoms with Gasteiger partial charge in [-0.2, -0.15) is 0 Å². The van der Waals surface area contributed by atoms with E-state index in [4.69, 9.17) is 14.6 Å². The maximum Gasteiger partial charge on any atom is 0.335 e. The Labute approximate surface area is 114 Å². The van der Waals surface area contributed by atoms with Gasteiger partial charge in [0.25, 0.3) is 0 Å². The third kappa shape index (κ3) is 5.75. The summed E-state index contributed by atoms with van der Waals surface area (Å²) < 4.78 is 11.0. The third-order valence-corrected chi connectivity index (χ3v) is 3.09. The van der Waals surface area contributed by atoms with Crippen LogP contribution in [0.25, 0.3) is 0 Å². The van der Waals surface area contributed by atoms with Gasteiger partial charge >= 0.3 is 5.97 Å². The molecule has 0 aliphatic rings. The van der Waals surface area contributed by atoms with Gasteiger partial charge in [-0.1, -0.05) is 32.8 Å². The molecule has 19 heavy (non-hydrogen) atoms. The summed E-state index contributed by atoms with van der Waals surface area (Å²) in [6, 6.07) is 6.47. The van der Waals surface area contributed by atoms with Gasteiger partial charge in [0.15, 0.2) is 0 Å². The Balaban J connectivity index is 2.26. The van der Waals surface area contributed by atoms with Gasteiger partial charge in [0.2, 0.25) is 0 Å². The van der Waals surface area contributed by atoms with Crippen molar-refractivity contribution in [2.24, 2.45) is 5.92 Å². The lowest BCUT2D eigenvalue weighted by Crippen LogP contribution is -2.13. The van der Waals surface area contributed by atoms with Gasteiger partial charge in [-0.25, -0.2) is 4.79 Å². The van der Waals surface area contributed by atoms with E-state index < -0.39 is 5.97 Å². The predicted molar refractivity (Wildman–Crippen MR) is 73.8 cm³/mol. The average Bonchev–Trinajstić information content (AvgIpc) is 2.43. The monoisotopic (exact) mass is 266 g/mol. The molecule has 106 valence electrons. The molecular formula is C15H22O4. The van der Waals surface area contributed by atoms with Crippen LogP contribution in [0.15, 0.2) is 24.3 Å². The van der Waals surface area contributed by atoms with Gasteiger partial charge in [-0.3, -0.25) is 0 Å². The summed E-state index contributed by atoms with van der Waals surface area (Å²) in [4.78, 5) is 10.8. The predicted octanol–water partition coefficient (Wildman–Crippen LogP) is 3.22. The van der Waals surface area contributed by atoms with E-state index in [-0.39, 0.29) is 5.56 Å². The van der Waals surface area contributed by atoms with Crippen LogP contribution < -0.4 is 4.74 Å². The van der Waals surface area contributed by atoms with Crippen LogP contribution in [0.1, 0.15) is 37.0 Å². The van der Waals surface area contributed by atoms with Gasteiger partial charge in [-0.15, -0.1) is 0 Å². The Kier molecular flexibility index (Phi) is 6.97. The summed E-state index contributed by atoms with van der Waals surface area (Å²) >= 11 is 0. The summed E-state index contributed by atoms with van der Waals surface area (Å²) in [6.45, 7) is 6.03. The third-order valence-electron chi connectivity index (χ3n) is 3.09. The van der Waals surface area contributed by atoms with Crippen LogP contribution in [-0.2, 0) is 4.74 Å². The summed E-state index contributed by atoms with van der Waals surface area (Å²) in [5.41, 5.74) is 0.232. The molecule has 0 aliphatic heterocycles. The van der Waals surface area contributed by atoms with Gasteiger partial charge in [-0.05, 0) is 24.1 Å². The zero-order chi connectivity index (χ0) is 14.1. The number of hydrogen-bond acceptors (Lipinski definition) is 3. The van der Waals surface area contributed by atoms with Crippen molar-refractivity contribution in [2.45, 2.75) is 26.7 Å². The zero-order valence-corrected chi connectivity index (χ0v) is 11.6. The highest BCUT2D eigenvalue weighted by Crippen LogP contribution is 2.13. The van der Waals surface area contributed by atoms with Gasteiger partial charge in [0.05, 0.1) is 12.2 Å². The van der Waals surface area contributed by atoms with Crippen LogP contribution in [0, 0.1) is 5.92 Å². The number of ether oxygens (including phenoxy) is 2. The van der Waals surface area contributed by atoms with Crippen LogP contribution in [-0.4, -0.2) is 30.9 Å². The molecule has 0 aromatic heterocycles. The molecule has 1 aromatic rings. The average molecular weight is 266 g/mol. The van der Waals surface area contributed by atoms with E-state index in [9.17, 15) is 4.79 Å². The van der Waals surface area contributed by atoms with Crippen molar-refractivity contribution in [3.8, 4) is 5.75 Å². The highest BCUT2D eigenvalue weighted by Gasteiger charge is 2.05. The van der Waals surface area contributed by atoms with Crippen LogP contribution in [0.2, 0.25) is 0 Å². The number of carboxylic acid groups (broad SMARTS) is 1. The molecule has 0 saturated carbocycles. The van der Waals surface area contributed by atoms with Gasteiger partial charge in [0.1, 0.15) is 12.4 Å². The standard InChI is InChI=1S/C15H22O4/c1-3-12(4-2)11-18-8-9-19-14-7-5-6-13(10-14)15(16)17/h5-7,10,12H,3-4,8-9,11H2,1-2H3,(H,16,17). The minimum Gasteiger partial charge on any atom is -0.491 e. The van der Waals surface area contributed by atoms with E-state index in [2.05, 4.69) is 13.8 Å². The number of hydrogen-bond donors (Lipinski definition) is 1. The Morgan fingerprint density at radius 2 is 2.00 bits per heavy atom.